The van der Waals surface area contributed by atoms with E-state index >= 15 is 0 Å². The maximum atomic E-state index is 12.8. The topological polar surface area (TPSA) is 111 Å². The number of unbranched alkanes of at least 4 members (excludes halogenated alkanes) is 19. The number of allylic oxidation sites excluding steroid dienone is 8. The number of hydrogen-bond donors (Lipinski definition) is 0. The van der Waals surface area contributed by atoms with Gasteiger partial charge in [0.05, 0.1) is 40.3 Å². The van der Waals surface area contributed by atoms with Crippen molar-refractivity contribution in [2.45, 2.75) is 200 Å². The van der Waals surface area contributed by atoms with Gasteiger partial charge in [0.15, 0.2) is 12.4 Å². The minimum Gasteiger partial charge on any atom is -0.545 e. The molecule has 9 heteroatoms. The third-order valence-corrected chi connectivity index (χ3v) is 9.80. The fourth-order valence-electron chi connectivity index (χ4n) is 6.12. The molecule has 58 heavy (non-hydrogen) atoms. The largest absolute Gasteiger partial charge is 0.545 e. The molecule has 2 unspecified atom stereocenters. The van der Waals surface area contributed by atoms with Crippen LogP contribution < -0.4 is 5.11 Å². The van der Waals surface area contributed by atoms with Gasteiger partial charge in [0.1, 0.15) is 13.2 Å². The van der Waals surface area contributed by atoms with Gasteiger partial charge >= 0.3 is 11.9 Å². The third-order valence-electron chi connectivity index (χ3n) is 9.80. The summed E-state index contributed by atoms with van der Waals surface area (Å²) in [6.45, 7) is 4.67. The second kappa shape index (κ2) is 41.0. The maximum Gasteiger partial charge on any atom is 0.306 e. The molecule has 0 bridgehead atoms. The van der Waals surface area contributed by atoms with Gasteiger partial charge in [-0.25, -0.2) is 0 Å². The van der Waals surface area contributed by atoms with Crippen molar-refractivity contribution in [3.05, 3.63) is 48.6 Å². The number of carboxylic acid groups (broad SMARTS) is 1. The van der Waals surface area contributed by atoms with Crippen molar-refractivity contribution in [3.8, 4) is 0 Å². The van der Waals surface area contributed by atoms with E-state index in [0.717, 1.165) is 77.0 Å². The number of esters is 2. The Morgan fingerprint density at radius 1 is 0.517 bits per heavy atom. The van der Waals surface area contributed by atoms with Crippen LogP contribution >= 0.6 is 0 Å². The molecule has 336 valence electrons. The van der Waals surface area contributed by atoms with E-state index in [1.54, 1.807) is 0 Å². The van der Waals surface area contributed by atoms with Crippen molar-refractivity contribution in [2.24, 2.45) is 0 Å². The molecule has 0 saturated carbocycles. The quantitative estimate of drug-likeness (QED) is 0.0197. The Balaban J connectivity index is 4.46. The van der Waals surface area contributed by atoms with Gasteiger partial charge in [-0.1, -0.05) is 146 Å². The minimum atomic E-state index is -1.63. The van der Waals surface area contributed by atoms with Crippen molar-refractivity contribution < 1.29 is 42.9 Å². The maximum absolute atomic E-state index is 12.8. The van der Waals surface area contributed by atoms with Crippen molar-refractivity contribution in [3.63, 3.8) is 0 Å². The highest BCUT2D eigenvalue weighted by molar-refractivity contribution is 5.70. The van der Waals surface area contributed by atoms with Crippen LogP contribution in [0.3, 0.4) is 0 Å². The molecule has 0 radical (unpaired) electrons. The number of carboxylic acids is 1. The Hall–Kier alpha value is -2.75. The minimum absolute atomic E-state index is 0.142. The van der Waals surface area contributed by atoms with E-state index < -0.39 is 24.3 Å². The summed E-state index contributed by atoms with van der Waals surface area (Å²) in [5.74, 6) is -2.32. The number of aliphatic carboxylic acids is 1. The Kier molecular flexibility index (Phi) is 39.1. The van der Waals surface area contributed by atoms with Gasteiger partial charge in [-0.2, -0.15) is 0 Å². The highest BCUT2D eigenvalue weighted by Crippen LogP contribution is 2.13. The Bertz CT molecular complexity index is 1090. The van der Waals surface area contributed by atoms with E-state index in [4.69, 9.17) is 18.9 Å². The molecule has 0 aliphatic rings. The monoisotopic (exact) mass is 818 g/mol. The van der Waals surface area contributed by atoms with Crippen LogP contribution in [0, 0.1) is 0 Å². The van der Waals surface area contributed by atoms with Crippen LogP contribution in [0.25, 0.3) is 0 Å². The summed E-state index contributed by atoms with van der Waals surface area (Å²) < 4.78 is 22.5. The summed E-state index contributed by atoms with van der Waals surface area (Å²) in [6, 6.07) is 0. The summed E-state index contributed by atoms with van der Waals surface area (Å²) in [7, 11) is 5.90. The Morgan fingerprint density at radius 3 is 1.40 bits per heavy atom. The number of hydrogen-bond acceptors (Lipinski definition) is 8. The van der Waals surface area contributed by atoms with E-state index in [1.165, 1.54) is 77.0 Å². The lowest BCUT2D eigenvalue weighted by Gasteiger charge is -2.26. The van der Waals surface area contributed by atoms with Crippen LogP contribution in [-0.2, 0) is 33.3 Å². The molecule has 2 atom stereocenters. The number of rotatable bonds is 42. The second-order valence-electron chi connectivity index (χ2n) is 16.7. The van der Waals surface area contributed by atoms with E-state index in [0.29, 0.717) is 17.4 Å². The summed E-state index contributed by atoms with van der Waals surface area (Å²) in [5.41, 5.74) is 0. The van der Waals surface area contributed by atoms with E-state index in [9.17, 15) is 19.5 Å². The lowest BCUT2D eigenvalue weighted by Crippen LogP contribution is -2.44. The zero-order valence-corrected chi connectivity index (χ0v) is 37.9. The predicted molar refractivity (Wildman–Crippen MR) is 237 cm³/mol. The zero-order chi connectivity index (χ0) is 42.8. The molecule has 0 aliphatic heterocycles. The standard InChI is InChI=1S/C49H87NO8/c1-6-8-10-12-14-16-18-20-22-24-26-28-30-32-34-36-38-40-47(52)58-45(44-57-49(48(53)54)55-42-41-50(3,4)5)43-56-46(51)39-37-35-33-31-29-27-25-23-21-19-17-15-13-11-9-7-2/h14,16-17,19-20,22-23,25,45,49H,6-13,15,18,21,24,26-44H2,1-5H3/b16-14-,19-17-,22-20-,25-23-. The Labute approximate surface area is 355 Å². The van der Waals surface area contributed by atoms with Gasteiger partial charge in [0.25, 0.3) is 0 Å². The van der Waals surface area contributed by atoms with Gasteiger partial charge < -0.3 is 33.3 Å². The summed E-state index contributed by atoms with van der Waals surface area (Å²) >= 11 is 0. The molecule has 0 spiro atoms. The van der Waals surface area contributed by atoms with Crippen molar-refractivity contribution >= 4 is 17.9 Å². The predicted octanol–water partition coefficient (Wildman–Crippen LogP) is 11.1. The van der Waals surface area contributed by atoms with Gasteiger partial charge in [0, 0.05) is 12.8 Å². The fraction of sp³-hybridized carbons (Fsp3) is 0.776. The van der Waals surface area contributed by atoms with Gasteiger partial charge in [0.2, 0.25) is 0 Å². The molecule has 0 aromatic heterocycles. The number of likely N-dealkylation sites (N-methyl/N-ethyl adjacent to an activating group) is 1. The first-order chi connectivity index (χ1) is 28.1. The van der Waals surface area contributed by atoms with Gasteiger partial charge in [-0.15, -0.1) is 0 Å². The molecular formula is C49H87NO8. The van der Waals surface area contributed by atoms with Crippen LogP contribution in [0.4, 0.5) is 0 Å². The SMILES string of the molecule is CCCCC/C=C\C/C=C\CCCCCCCCCC(=O)OC(COC(=O)CCCCCCC/C=C\C/C=C\CCCCCC)COC(OCC[N+](C)(C)C)C(=O)[O-]. The first-order valence-corrected chi connectivity index (χ1v) is 23.3. The van der Waals surface area contributed by atoms with E-state index in [1.807, 2.05) is 21.1 Å². The zero-order valence-electron chi connectivity index (χ0n) is 37.9. The molecule has 0 aliphatic carbocycles. The number of carbonyl (C=O) groups excluding carboxylic acids is 3. The summed E-state index contributed by atoms with van der Waals surface area (Å²) in [4.78, 5) is 37.0. The normalized spacial score (nSPS) is 13.3. The van der Waals surface area contributed by atoms with Crippen LogP contribution in [0.5, 0.6) is 0 Å². The molecule has 0 fully saturated rings. The smallest absolute Gasteiger partial charge is 0.306 e. The first kappa shape index (κ1) is 55.2. The number of carbonyl (C=O) groups is 3. The third kappa shape index (κ3) is 41.4. The summed E-state index contributed by atoms with van der Waals surface area (Å²) in [6.07, 6.45) is 44.2. The fourth-order valence-corrected chi connectivity index (χ4v) is 6.12. The Morgan fingerprint density at radius 2 is 0.931 bits per heavy atom. The van der Waals surface area contributed by atoms with Crippen LogP contribution in [0.1, 0.15) is 187 Å². The lowest BCUT2D eigenvalue weighted by atomic mass is 10.1. The first-order valence-electron chi connectivity index (χ1n) is 23.3. The molecule has 0 amide bonds. The van der Waals surface area contributed by atoms with Crippen molar-refractivity contribution in [2.75, 3.05) is 47.5 Å². The van der Waals surface area contributed by atoms with E-state index in [2.05, 4.69) is 62.5 Å². The van der Waals surface area contributed by atoms with Crippen LogP contribution in [0.15, 0.2) is 48.6 Å². The molecule has 0 saturated heterocycles. The van der Waals surface area contributed by atoms with Crippen LogP contribution in [0.2, 0.25) is 0 Å². The average molecular weight is 818 g/mol. The number of quaternary nitrogens is 1. The van der Waals surface area contributed by atoms with Crippen molar-refractivity contribution in [1.29, 1.82) is 0 Å². The molecule has 0 rings (SSSR count). The molecule has 0 N–H and O–H groups in total. The van der Waals surface area contributed by atoms with E-state index in [-0.39, 0.29) is 38.6 Å². The highest BCUT2D eigenvalue weighted by Gasteiger charge is 2.21. The highest BCUT2D eigenvalue weighted by atomic mass is 16.7. The number of ether oxygens (including phenoxy) is 4. The van der Waals surface area contributed by atoms with Gasteiger partial charge in [-0.3, -0.25) is 9.59 Å². The second-order valence-corrected chi connectivity index (χ2v) is 16.7. The van der Waals surface area contributed by atoms with Crippen molar-refractivity contribution in [1.82, 2.24) is 0 Å². The van der Waals surface area contributed by atoms with Gasteiger partial charge in [-0.05, 0) is 77.0 Å². The molecule has 0 heterocycles. The number of nitrogens with zero attached hydrogens (tertiary/aromatic N) is 1. The average Bonchev–Trinajstić information content (AvgIpc) is 3.18. The molecule has 0 aromatic rings. The molecule has 9 nitrogen and oxygen atoms in total. The molecular weight excluding hydrogens is 731 g/mol. The van der Waals surface area contributed by atoms with Crippen LogP contribution in [-0.4, -0.2) is 82.3 Å². The summed E-state index contributed by atoms with van der Waals surface area (Å²) in [5, 5.41) is 11.7. The molecule has 0 aromatic carbocycles. The lowest BCUT2D eigenvalue weighted by molar-refractivity contribution is -0.870.